The molecule has 1 unspecified atom stereocenters. The molecule has 6 heteroatoms. The van der Waals surface area contributed by atoms with Crippen molar-refractivity contribution < 1.29 is 4.92 Å². The summed E-state index contributed by atoms with van der Waals surface area (Å²) in [5, 5.41) is 11.0. The minimum atomic E-state index is -0.381. The maximum Gasteiger partial charge on any atom is 0.290 e. The third kappa shape index (κ3) is 3.04. The highest BCUT2D eigenvalue weighted by molar-refractivity contribution is 5.53. The number of aryl methyl sites for hydroxylation is 1. The van der Waals surface area contributed by atoms with Gasteiger partial charge in [0.15, 0.2) is 0 Å². The molecule has 1 aliphatic heterocycles. The zero-order valence-corrected chi connectivity index (χ0v) is 14.3. The minimum absolute atomic E-state index is 0.0732. The van der Waals surface area contributed by atoms with Crippen LogP contribution in [0.3, 0.4) is 0 Å². The molecular weight excluding hydrogens is 304 g/mol. The Morgan fingerprint density at radius 2 is 2.12 bits per heavy atom. The molecule has 2 aromatic rings. The monoisotopic (exact) mass is 326 g/mol. The number of nitrogens with zero attached hydrogens (tertiary/aromatic N) is 4. The van der Waals surface area contributed by atoms with Crippen molar-refractivity contribution in [2.24, 2.45) is 0 Å². The highest BCUT2D eigenvalue weighted by atomic mass is 16.6. The average Bonchev–Trinajstić information content (AvgIpc) is 3.04. The molecule has 0 saturated carbocycles. The fraction of sp³-hybridized carbons (Fsp3) is 0.389. The van der Waals surface area contributed by atoms with Crippen LogP contribution >= 0.6 is 0 Å². The van der Waals surface area contributed by atoms with Gasteiger partial charge in [-0.15, -0.1) is 0 Å². The second-order valence-electron chi connectivity index (χ2n) is 6.43. The Morgan fingerprint density at radius 3 is 2.79 bits per heavy atom. The number of nitro groups is 1. The highest BCUT2D eigenvalue weighted by Crippen LogP contribution is 2.37. The lowest BCUT2D eigenvalue weighted by Crippen LogP contribution is -2.24. The summed E-state index contributed by atoms with van der Waals surface area (Å²) < 4.78 is 0. The molecule has 0 spiro atoms. The Labute approximate surface area is 141 Å². The molecule has 1 aromatic heterocycles. The third-order valence-electron chi connectivity index (χ3n) is 4.58. The molecule has 0 N–H and O–H groups in total. The lowest BCUT2D eigenvalue weighted by molar-refractivity contribution is -0.385. The largest absolute Gasteiger partial charge is 0.378 e. The van der Waals surface area contributed by atoms with Crippen LogP contribution in [0.2, 0.25) is 0 Å². The first kappa shape index (κ1) is 16.2. The fourth-order valence-corrected chi connectivity index (χ4v) is 3.28. The quantitative estimate of drug-likeness (QED) is 0.633. The van der Waals surface area contributed by atoms with Crippen LogP contribution in [0.4, 0.5) is 17.2 Å². The van der Waals surface area contributed by atoms with Gasteiger partial charge < -0.3 is 9.80 Å². The molecule has 1 aliphatic rings. The van der Waals surface area contributed by atoms with Gasteiger partial charge in [0.25, 0.3) is 5.69 Å². The van der Waals surface area contributed by atoms with Crippen molar-refractivity contribution in [2.75, 3.05) is 30.4 Å². The van der Waals surface area contributed by atoms with Gasteiger partial charge in [0.2, 0.25) is 0 Å². The van der Waals surface area contributed by atoms with Crippen LogP contribution in [0.15, 0.2) is 36.5 Å². The van der Waals surface area contributed by atoms with Crippen LogP contribution in [0.1, 0.15) is 30.0 Å². The topological polar surface area (TPSA) is 62.5 Å². The molecule has 0 bridgehead atoms. The first-order valence-electron chi connectivity index (χ1n) is 8.12. The molecule has 6 nitrogen and oxygen atoms in total. The summed E-state index contributed by atoms with van der Waals surface area (Å²) in [6.45, 7) is 2.68. The Kier molecular flexibility index (Phi) is 4.38. The Hall–Kier alpha value is -2.63. The molecule has 3 rings (SSSR count). The van der Waals surface area contributed by atoms with Crippen LogP contribution in [0, 0.1) is 17.0 Å². The van der Waals surface area contributed by atoms with Crippen LogP contribution in [-0.2, 0) is 0 Å². The van der Waals surface area contributed by atoms with Crippen LogP contribution < -0.4 is 9.80 Å². The van der Waals surface area contributed by atoms with Gasteiger partial charge in [-0.05, 0) is 43.5 Å². The zero-order valence-electron chi connectivity index (χ0n) is 14.3. The van der Waals surface area contributed by atoms with Gasteiger partial charge in [-0.25, -0.2) is 4.98 Å². The Bertz CT molecular complexity index is 760. The number of pyridine rings is 1. The predicted molar refractivity (Wildman–Crippen MR) is 95.7 cm³/mol. The maximum absolute atomic E-state index is 11.0. The first-order chi connectivity index (χ1) is 11.5. The standard InChI is InChI=1S/C18H22N4O2/c1-13-10-18(19-12-17(13)22(23)24)21-9-5-8-16(21)14-6-4-7-15(11-14)20(2)3/h4,6-7,10-12,16H,5,8-9H2,1-3H3. The van der Waals surface area contributed by atoms with Crippen molar-refractivity contribution in [3.8, 4) is 0 Å². The van der Waals surface area contributed by atoms with E-state index in [4.69, 9.17) is 0 Å². The van der Waals surface area contributed by atoms with E-state index in [1.807, 2.05) is 20.2 Å². The zero-order chi connectivity index (χ0) is 17.3. The summed E-state index contributed by atoms with van der Waals surface area (Å²) >= 11 is 0. The number of anilines is 2. The van der Waals surface area contributed by atoms with E-state index in [-0.39, 0.29) is 16.7 Å². The van der Waals surface area contributed by atoms with E-state index < -0.39 is 0 Å². The van der Waals surface area contributed by atoms with Crippen molar-refractivity contribution in [2.45, 2.75) is 25.8 Å². The number of rotatable bonds is 4. The molecule has 2 heterocycles. The van der Waals surface area contributed by atoms with E-state index in [1.54, 1.807) is 6.92 Å². The summed E-state index contributed by atoms with van der Waals surface area (Å²) in [6.07, 6.45) is 3.53. The van der Waals surface area contributed by atoms with Crippen molar-refractivity contribution in [3.05, 3.63) is 57.8 Å². The molecule has 0 aliphatic carbocycles. The highest BCUT2D eigenvalue weighted by Gasteiger charge is 2.28. The van der Waals surface area contributed by atoms with Crippen molar-refractivity contribution in [3.63, 3.8) is 0 Å². The first-order valence-corrected chi connectivity index (χ1v) is 8.12. The van der Waals surface area contributed by atoms with Gasteiger partial charge in [0.05, 0.1) is 11.0 Å². The molecule has 1 aromatic carbocycles. The summed E-state index contributed by atoms with van der Waals surface area (Å²) in [6, 6.07) is 10.6. The van der Waals surface area contributed by atoms with Gasteiger partial charge in [-0.2, -0.15) is 0 Å². The van der Waals surface area contributed by atoms with Crippen LogP contribution in [-0.4, -0.2) is 30.5 Å². The summed E-state index contributed by atoms with van der Waals surface area (Å²) in [4.78, 5) is 19.3. The number of benzene rings is 1. The lowest BCUT2D eigenvalue weighted by Gasteiger charge is -2.27. The summed E-state index contributed by atoms with van der Waals surface area (Å²) in [7, 11) is 4.07. The SMILES string of the molecule is Cc1cc(N2CCCC2c2cccc(N(C)C)c2)ncc1[N+](=O)[O-]. The van der Waals surface area contributed by atoms with Gasteiger partial charge in [0.1, 0.15) is 12.0 Å². The predicted octanol–water partition coefficient (Wildman–Crippen LogP) is 3.71. The van der Waals surface area contributed by atoms with Gasteiger partial charge in [-0.1, -0.05) is 12.1 Å². The van der Waals surface area contributed by atoms with E-state index in [0.717, 1.165) is 25.2 Å². The van der Waals surface area contributed by atoms with Crippen LogP contribution in [0.5, 0.6) is 0 Å². The molecular formula is C18H22N4O2. The molecule has 1 saturated heterocycles. The molecule has 0 radical (unpaired) electrons. The average molecular weight is 326 g/mol. The number of hydrogen-bond acceptors (Lipinski definition) is 5. The van der Waals surface area contributed by atoms with Crippen molar-refractivity contribution in [1.82, 2.24) is 4.98 Å². The minimum Gasteiger partial charge on any atom is -0.378 e. The molecule has 24 heavy (non-hydrogen) atoms. The second-order valence-corrected chi connectivity index (χ2v) is 6.43. The maximum atomic E-state index is 11.0. The summed E-state index contributed by atoms with van der Waals surface area (Å²) in [5.41, 5.74) is 3.16. The van der Waals surface area contributed by atoms with Crippen molar-refractivity contribution in [1.29, 1.82) is 0 Å². The fourth-order valence-electron chi connectivity index (χ4n) is 3.28. The van der Waals surface area contributed by atoms with E-state index >= 15 is 0 Å². The Balaban J connectivity index is 1.92. The second kappa shape index (κ2) is 6.47. The Morgan fingerprint density at radius 1 is 1.33 bits per heavy atom. The summed E-state index contributed by atoms with van der Waals surface area (Å²) in [5.74, 6) is 0.816. The van der Waals surface area contributed by atoms with E-state index in [0.29, 0.717) is 5.56 Å². The lowest BCUT2D eigenvalue weighted by atomic mass is 10.0. The van der Waals surface area contributed by atoms with Gasteiger partial charge in [-0.3, -0.25) is 10.1 Å². The molecule has 126 valence electrons. The number of hydrogen-bond donors (Lipinski definition) is 0. The molecule has 1 fully saturated rings. The normalized spacial score (nSPS) is 17.1. The van der Waals surface area contributed by atoms with Crippen molar-refractivity contribution >= 4 is 17.2 Å². The van der Waals surface area contributed by atoms with E-state index in [1.165, 1.54) is 17.4 Å². The van der Waals surface area contributed by atoms with Crippen LogP contribution in [0.25, 0.3) is 0 Å². The third-order valence-corrected chi connectivity index (χ3v) is 4.58. The van der Waals surface area contributed by atoms with E-state index in [9.17, 15) is 10.1 Å². The molecule has 0 amide bonds. The van der Waals surface area contributed by atoms with Gasteiger partial charge >= 0.3 is 0 Å². The number of aromatic nitrogens is 1. The van der Waals surface area contributed by atoms with E-state index in [2.05, 4.69) is 39.0 Å². The molecule has 1 atom stereocenters. The smallest absolute Gasteiger partial charge is 0.290 e. The van der Waals surface area contributed by atoms with Gasteiger partial charge in [0, 0.05) is 31.9 Å².